The molecule has 1 unspecified atom stereocenters. The Labute approximate surface area is 143 Å². The minimum absolute atomic E-state index is 0.0849. The van der Waals surface area contributed by atoms with E-state index in [-0.39, 0.29) is 23.7 Å². The van der Waals surface area contributed by atoms with E-state index in [2.05, 4.69) is 5.32 Å². The molecule has 1 aliphatic carbocycles. The summed E-state index contributed by atoms with van der Waals surface area (Å²) < 4.78 is 0. The van der Waals surface area contributed by atoms with Gasteiger partial charge in [0, 0.05) is 22.1 Å². The lowest BCUT2D eigenvalue weighted by atomic mass is 9.95. The lowest BCUT2D eigenvalue weighted by molar-refractivity contribution is -0.385. The van der Waals surface area contributed by atoms with Crippen LogP contribution in [0.25, 0.3) is 0 Å². The Hall–Kier alpha value is -2.25. The first-order valence-electron chi connectivity index (χ1n) is 7.72. The molecule has 2 aromatic rings. The van der Waals surface area contributed by atoms with E-state index in [1.165, 1.54) is 23.5 Å². The number of nitro benzene ring substituents is 1. The van der Waals surface area contributed by atoms with Crippen molar-refractivity contribution in [3.8, 4) is 0 Å². The summed E-state index contributed by atoms with van der Waals surface area (Å²) in [6, 6.07) is 8.16. The summed E-state index contributed by atoms with van der Waals surface area (Å²) in [6.07, 6.45) is 1.86. The molecule has 1 aromatic heterocycles. The van der Waals surface area contributed by atoms with E-state index in [9.17, 15) is 20.0 Å². The number of amides is 1. The number of hydrogen-bond acceptors (Lipinski definition) is 5. The third-order valence-corrected chi connectivity index (χ3v) is 5.50. The smallest absolute Gasteiger partial charge is 0.273 e. The molecule has 1 saturated carbocycles. The molecule has 0 saturated heterocycles. The van der Waals surface area contributed by atoms with E-state index in [0.717, 1.165) is 17.7 Å². The molecule has 1 amide bonds. The van der Waals surface area contributed by atoms with Crippen molar-refractivity contribution in [2.45, 2.75) is 25.4 Å². The van der Waals surface area contributed by atoms with Crippen LogP contribution in [0.2, 0.25) is 0 Å². The number of nitrogens with zero attached hydrogens (tertiary/aromatic N) is 1. The molecule has 3 rings (SSSR count). The summed E-state index contributed by atoms with van der Waals surface area (Å²) in [6.45, 7) is 1.65. The maximum Gasteiger partial charge on any atom is 0.273 e. The normalized spacial score (nSPS) is 16.4. The van der Waals surface area contributed by atoms with Gasteiger partial charge in [0.15, 0.2) is 0 Å². The molecule has 0 spiro atoms. The molecule has 24 heavy (non-hydrogen) atoms. The SMILES string of the molecule is Cc1c(C(=O)NCC(O)(c2cccs2)C2CC2)cccc1[N+](=O)[O-]. The summed E-state index contributed by atoms with van der Waals surface area (Å²) in [4.78, 5) is 23.8. The highest BCUT2D eigenvalue weighted by Crippen LogP contribution is 2.46. The van der Waals surface area contributed by atoms with Crippen molar-refractivity contribution >= 4 is 22.9 Å². The number of carbonyl (C=O) groups excluding carboxylic acids is 1. The Morgan fingerprint density at radius 2 is 2.17 bits per heavy atom. The van der Waals surface area contributed by atoms with Gasteiger partial charge < -0.3 is 10.4 Å². The molecule has 1 heterocycles. The average molecular weight is 346 g/mol. The van der Waals surface area contributed by atoms with Gasteiger partial charge in [0.25, 0.3) is 11.6 Å². The number of carbonyl (C=O) groups is 1. The van der Waals surface area contributed by atoms with Crippen molar-refractivity contribution in [3.05, 3.63) is 61.8 Å². The van der Waals surface area contributed by atoms with Crippen LogP contribution < -0.4 is 5.32 Å². The van der Waals surface area contributed by atoms with Gasteiger partial charge in [-0.2, -0.15) is 0 Å². The van der Waals surface area contributed by atoms with Crippen molar-refractivity contribution in [1.82, 2.24) is 5.32 Å². The van der Waals surface area contributed by atoms with Crippen LogP contribution in [0.1, 0.15) is 33.6 Å². The second kappa shape index (κ2) is 6.33. The molecule has 1 aliphatic rings. The fourth-order valence-electron chi connectivity index (χ4n) is 2.90. The van der Waals surface area contributed by atoms with Crippen molar-refractivity contribution in [2.24, 2.45) is 5.92 Å². The average Bonchev–Trinajstić information content (AvgIpc) is 3.27. The van der Waals surface area contributed by atoms with Gasteiger partial charge in [0.2, 0.25) is 0 Å². The molecule has 2 N–H and O–H groups in total. The zero-order valence-electron chi connectivity index (χ0n) is 13.2. The van der Waals surface area contributed by atoms with E-state index in [1.54, 1.807) is 13.0 Å². The first-order chi connectivity index (χ1) is 11.4. The van der Waals surface area contributed by atoms with Gasteiger partial charge in [0.1, 0.15) is 5.60 Å². The summed E-state index contributed by atoms with van der Waals surface area (Å²) >= 11 is 1.46. The van der Waals surface area contributed by atoms with E-state index in [4.69, 9.17) is 0 Å². The molecule has 0 radical (unpaired) electrons. The summed E-state index contributed by atoms with van der Waals surface area (Å²) in [5.41, 5.74) is -0.573. The highest BCUT2D eigenvalue weighted by atomic mass is 32.1. The predicted octanol–water partition coefficient (Wildman–Crippen LogP) is 2.99. The van der Waals surface area contributed by atoms with Crippen LogP contribution in [0.5, 0.6) is 0 Å². The third kappa shape index (κ3) is 3.05. The molecule has 1 atom stereocenters. The van der Waals surface area contributed by atoms with E-state index in [1.807, 2.05) is 17.5 Å². The zero-order valence-corrected chi connectivity index (χ0v) is 14.0. The van der Waals surface area contributed by atoms with Crippen molar-refractivity contribution < 1.29 is 14.8 Å². The molecule has 0 bridgehead atoms. The number of rotatable bonds is 6. The van der Waals surface area contributed by atoms with Crippen molar-refractivity contribution in [3.63, 3.8) is 0 Å². The minimum atomic E-state index is -1.07. The fourth-order valence-corrected chi connectivity index (χ4v) is 3.80. The van der Waals surface area contributed by atoms with Gasteiger partial charge in [-0.1, -0.05) is 12.1 Å². The number of aliphatic hydroxyl groups is 1. The second-order valence-corrected chi connectivity index (χ2v) is 7.01. The fraction of sp³-hybridized carbons (Fsp3) is 0.353. The molecular formula is C17H18N2O4S. The molecular weight excluding hydrogens is 328 g/mol. The standard InChI is InChI=1S/C17H18N2O4S/c1-11-13(4-2-5-14(11)19(22)23)16(20)18-10-17(21,12-7-8-12)15-6-3-9-24-15/h2-6,9,12,21H,7-8,10H2,1H3,(H,18,20). The highest BCUT2D eigenvalue weighted by Gasteiger charge is 2.46. The molecule has 126 valence electrons. The van der Waals surface area contributed by atoms with Crippen LogP contribution in [0.15, 0.2) is 35.7 Å². The van der Waals surface area contributed by atoms with Gasteiger partial charge in [-0.15, -0.1) is 11.3 Å². The molecule has 7 heteroatoms. The predicted molar refractivity (Wildman–Crippen MR) is 91.1 cm³/mol. The number of nitrogens with one attached hydrogen (secondary N) is 1. The van der Waals surface area contributed by atoms with Gasteiger partial charge >= 0.3 is 0 Å². The largest absolute Gasteiger partial charge is 0.382 e. The number of hydrogen-bond donors (Lipinski definition) is 2. The van der Waals surface area contributed by atoms with Gasteiger partial charge in [-0.05, 0) is 43.2 Å². The van der Waals surface area contributed by atoms with Gasteiger partial charge in [-0.25, -0.2) is 0 Å². The number of nitro groups is 1. The quantitative estimate of drug-likeness (QED) is 0.621. The topological polar surface area (TPSA) is 92.5 Å². The van der Waals surface area contributed by atoms with Crippen LogP contribution >= 0.6 is 11.3 Å². The molecule has 0 aliphatic heterocycles. The lowest BCUT2D eigenvalue weighted by Crippen LogP contribution is -2.42. The second-order valence-electron chi connectivity index (χ2n) is 6.07. The monoisotopic (exact) mass is 346 g/mol. The Kier molecular flexibility index (Phi) is 4.38. The first-order valence-corrected chi connectivity index (χ1v) is 8.60. The Balaban J connectivity index is 1.78. The maximum absolute atomic E-state index is 12.5. The van der Waals surface area contributed by atoms with E-state index < -0.39 is 16.4 Å². The van der Waals surface area contributed by atoms with Gasteiger partial charge in [-0.3, -0.25) is 14.9 Å². The van der Waals surface area contributed by atoms with Crippen LogP contribution in [0.4, 0.5) is 5.69 Å². The van der Waals surface area contributed by atoms with E-state index in [0.29, 0.717) is 5.56 Å². The highest BCUT2D eigenvalue weighted by molar-refractivity contribution is 7.10. The summed E-state index contributed by atoms with van der Waals surface area (Å²) in [5, 5.41) is 26.7. The molecule has 1 fully saturated rings. The zero-order chi connectivity index (χ0) is 17.3. The Bertz CT molecular complexity index is 771. The van der Waals surface area contributed by atoms with Crippen molar-refractivity contribution in [1.29, 1.82) is 0 Å². The van der Waals surface area contributed by atoms with Crippen LogP contribution in [0.3, 0.4) is 0 Å². The maximum atomic E-state index is 12.5. The Morgan fingerprint density at radius 1 is 1.42 bits per heavy atom. The first kappa shape index (κ1) is 16.6. The Morgan fingerprint density at radius 3 is 2.75 bits per heavy atom. The van der Waals surface area contributed by atoms with E-state index >= 15 is 0 Å². The lowest BCUT2D eigenvalue weighted by Gasteiger charge is -2.27. The number of thiophene rings is 1. The van der Waals surface area contributed by atoms with Crippen LogP contribution in [-0.4, -0.2) is 22.5 Å². The number of benzene rings is 1. The summed E-state index contributed by atoms with van der Waals surface area (Å²) in [7, 11) is 0. The van der Waals surface area contributed by atoms with Crippen molar-refractivity contribution in [2.75, 3.05) is 6.54 Å². The third-order valence-electron chi connectivity index (χ3n) is 4.47. The summed E-state index contributed by atoms with van der Waals surface area (Å²) in [5.74, 6) is -0.269. The minimum Gasteiger partial charge on any atom is -0.382 e. The molecule has 6 nitrogen and oxygen atoms in total. The van der Waals surface area contributed by atoms with Crippen LogP contribution in [0, 0.1) is 23.0 Å². The molecule has 1 aromatic carbocycles. The van der Waals surface area contributed by atoms with Gasteiger partial charge in [0.05, 0.1) is 11.5 Å². The van der Waals surface area contributed by atoms with Crippen LogP contribution in [-0.2, 0) is 5.60 Å².